The van der Waals surface area contributed by atoms with Gasteiger partial charge in [-0.3, -0.25) is 14.5 Å². The molecule has 1 rings (SSSR count). The number of rotatable bonds is 7. The minimum absolute atomic E-state index is 0.212. The van der Waals surface area contributed by atoms with Crippen molar-refractivity contribution >= 4 is 5.97 Å². The third-order valence-corrected chi connectivity index (χ3v) is 3.12. The lowest BCUT2D eigenvalue weighted by atomic mass is 9.94. The quantitative estimate of drug-likeness (QED) is 0.507. The fraction of sp³-hybridized carbons (Fsp3) is 0.917. The summed E-state index contributed by atoms with van der Waals surface area (Å²) in [5, 5.41) is 1.54. The average molecular weight is 245 g/mol. The highest BCUT2D eigenvalue weighted by Crippen LogP contribution is 2.38. The van der Waals surface area contributed by atoms with Crippen LogP contribution < -0.4 is 0 Å². The van der Waals surface area contributed by atoms with Crippen LogP contribution in [0.3, 0.4) is 0 Å². The fourth-order valence-corrected chi connectivity index (χ4v) is 2.34. The van der Waals surface area contributed by atoms with E-state index < -0.39 is 0 Å². The summed E-state index contributed by atoms with van der Waals surface area (Å²) in [7, 11) is 1.41. The van der Waals surface area contributed by atoms with E-state index in [1.165, 1.54) is 12.3 Å². The van der Waals surface area contributed by atoms with Crippen LogP contribution in [0.2, 0.25) is 0 Å². The molecule has 5 nitrogen and oxygen atoms in total. The molecular formula is C12H23NO4. The van der Waals surface area contributed by atoms with E-state index in [0.29, 0.717) is 19.6 Å². The van der Waals surface area contributed by atoms with E-state index in [2.05, 4.69) is 0 Å². The summed E-state index contributed by atoms with van der Waals surface area (Å²) in [4.78, 5) is 22.6. The van der Waals surface area contributed by atoms with Crippen LogP contribution in [0.5, 0.6) is 0 Å². The molecule has 17 heavy (non-hydrogen) atoms. The first-order valence-corrected chi connectivity index (χ1v) is 6.31. The number of esters is 1. The highest BCUT2D eigenvalue weighted by Gasteiger charge is 2.44. The summed E-state index contributed by atoms with van der Waals surface area (Å²) in [5.41, 5.74) is -0.348. The van der Waals surface area contributed by atoms with Crippen molar-refractivity contribution in [2.45, 2.75) is 51.5 Å². The number of hydrogen-bond acceptors (Lipinski definition) is 5. The van der Waals surface area contributed by atoms with Gasteiger partial charge in [-0.25, -0.2) is 0 Å². The van der Waals surface area contributed by atoms with Gasteiger partial charge in [-0.15, -0.1) is 0 Å². The van der Waals surface area contributed by atoms with Crippen LogP contribution in [-0.2, 0) is 19.2 Å². The molecule has 1 saturated carbocycles. The number of carbonyl (C=O) groups excluding carboxylic acids is 1. The lowest BCUT2D eigenvalue weighted by Crippen LogP contribution is -2.48. The highest BCUT2D eigenvalue weighted by molar-refractivity contribution is 5.70. The Morgan fingerprint density at radius 1 is 1.18 bits per heavy atom. The predicted molar refractivity (Wildman–Crippen MR) is 62.9 cm³/mol. The SMILES string of the molecule is CCON(OCC)C1(CC(=O)OC)CCCC1. The Morgan fingerprint density at radius 3 is 2.12 bits per heavy atom. The fourth-order valence-electron chi connectivity index (χ4n) is 2.34. The molecule has 0 N–H and O–H groups in total. The number of hydrogen-bond donors (Lipinski definition) is 0. The smallest absolute Gasteiger partial charge is 0.307 e. The predicted octanol–water partition coefficient (Wildman–Crippen LogP) is 2.07. The molecule has 0 saturated heterocycles. The van der Waals surface area contributed by atoms with Crippen molar-refractivity contribution in [3.8, 4) is 0 Å². The maximum atomic E-state index is 11.5. The van der Waals surface area contributed by atoms with Crippen molar-refractivity contribution < 1.29 is 19.2 Å². The number of nitrogens with zero attached hydrogens (tertiary/aromatic N) is 1. The first-order chi connectivity index (χ1) is 8.18. The van der Waals surface area contributed by atoms with Gasteiger partial charge in [-0.2, -0.15) is 0 Å². The molecule has 1 aliphatic carbocycles. The van der Waals surface area contributed by atoms with Gasteiger partial charge in [0.1, 0.15) is 0 Å². The van der Waals surface area contributed by atoms with E-state index in [-0.39, 0.29) is 11.5 Å². The normalized spacial score (nSPS) is 18.6. The van der Waals surface area contributed by atoms with E-state index in [9.17, 15) is 4.79 Å². The van der Waals surface area contributed by atoms with Gasteiger partial charge in [0.05, 0.1) is 32.3 Å². The first kappa shape index (κ1) is 14.4. The largest absolute Gasteiger partial charge is 0.469 e. The molecule has 0 aromatic heterocycles. The number of ether oxygens (including phenoxy) is 1. The second-order valence-corrected chi connectivity index (χ2v) is 4.28. The molecule has 1 fully saturated rings. The maximum Gasteiger partial charge on any atom is 0.307 e. The minimum atomic E-state index is -0.348. The summed E-state index contributed by atoms with van der Waals surface area (Å²) in [5.74, 6) is -0.212. The van der Waals surface area contributed by atoms with Gasteiger partial charge in [0.15, 0.2) is 0 Å². The van der Waals surface area contributed by atoms with Crippen LogP contribution in [-0.4, -0.2) is 37.1 Å². The Balaban J connectivity index is 2.75. The molecule has 0 unspecified atom stereocenters. The number of carbonyl (C=O) groups is 1. The summed E-state index contributed by atoms with van der Waals surface area (Å²) >= 11 is 0. The molecule has 0 amide bonds. The Labute approximate surface area is 103 Å². The molecule has 0 radical (unpaired) electrons. The standard InChI is InChI=1S/C12H23NO4/c1-4-16-13(17-5-2)12(8-6-7-9-12)10-11(14)15-3/h4-10H2,1-3H3. The Hall–Kier alpha value is -0.650. The second-order valence-electron chi connectivity index (χ2n) is 4.28. The van der Waals surface area contributed by atoms with E-state index in [1.54, 1.807) is 0 Å². The molecule has 0 spiro atoms. The van der Waals surface area contributed by atoms with Crippen LogP contribution in [0, 0.1) is 0 Å². The van der Waals surface area contributed by atoms with Crippen LogP contribution in [0.4, 0.5) is 0 Å². The zero-order chi connectivity index (χ0) is 12.7. The lowest BCUT2D eigenvalue weighted by molar-refractivity contribution is -0.410. The zero-order valence-corrected chi connectivity index (χ0v) is 11.0. The molecule has 1 aliphatic rings. The first-order valence-electron chi connectivity index (χ1n) is 6.31. The van der Waals surface area contributed by atoms with Crippen molar-refractivity contribution in [2.24, 2.45) is 0 Å². The van der Waals surface area contributed by atoms with Gasteiger partial charge in [0.2, 0.25) is 0 Å². The van der Waals surface area contributed by atoms with Crippen molar-refractivity contribution in [2.75, 3.05) is 20.3 Å². The van der Waals surface area contributed by atoms with Crippen molar-refractivity contribution in [1.29, 1.82) is 0 Å². The summed E-state index contributed by atoms with van der Waals surface area (Å²) in [6.07, 6.45) is 4.31. The molecule has 0 atom stereocenters. The van der Waals surface area contributed by atoms with E-state index in [0.717, 1.165) is 25.7 Å². The summed E-state index contributed by atoms with van der Waals surface area (Å²) in [6.45, 7) is 4.88. The second kappa shape index (κ2) is 6.93. The van der Waals surface area contributed by atoms with Crippen LogP contribution in [0.25, 0.3) is 0 Å². The van der Waals surface area contributed by atoms with Crippen LogP contribution in [0.1, 0.15) is 46.0 Å². The van der Waals surface area contributed by atoms with E-state index in [1.807, 2.05) is 13.8 Å². The number of hydroxylamine groups is 2. The molecule has 100 valence electrons. The lowest BCUT2D eigenvalue weighted by Gasteiger charge is -2.37. The van der Waals surface area contributed by atoms with Crippen molar-refractivity contribution in [3.05, 3.63) is 0 Å². The molecule has 0 aliphatic heterocycles. The Kier molecular flexibility index (Phi) is 5.88. The molecule has 0 aromatic carbocycles. The van der Waals surface area contributed by atoms with Gasteiger partial charge in [-0.1, -0.05) is 18.1 Å². The third kappa shape index (κ3) is 3.66. The van der Waals surface area contributed by atoms with Crippen molar-refractivity contribution in [1.82, 2.24) is 5.23 Å². The molecule has 0 bridgehead atoms. The van der Waals surface area contributed by atoms with Crippen LogP contribution in [0.15, 0.2) is 0 Å². The van der Waals surface area contributed by atoms with E-state index >= 15 is 0 Å². The Morgan fingerprint density at radius 2 is 1.71 bits per heavy atom. The summed E-state index contributed by atoms with van der Waals surface area (Å²) < 4.78 is 4.77. The van der Waals surface area contributed by atoms with Crippen LogP contribution >= 0.6 is 0 Å². The van der Waals surface area contributed by atoms with Gasteiger partial charge >= 0.3 is 5.97 Å². The molecule has 0 heterocycles. The Bertz CT molecular complexity index is 233. The number of methoxy groups -OCH3 is 1. The van der Waals surface area contributed by atoms with Gasteiger partial charge in [0, 0.05) is 0 Å². The van der Waals surface area contributed by atoms with Gasteiger partial charge < -0.3 is 4.74 Å². The minimum Gasteiger partial charge on any atom is -0.469 e. The molecule has 5 heteroatoms. The average Bonchev–Trinajstić information content (AvgIpc) is 2.78. The zero-order valence-electron chi connectivity index (χ0n) is 11.0. The van der Waals surface area contributed by atoms with Gasteiger partial charge in [0.25, 0.3) is 0 Å². The topological polar surface area (TPSA) is 48.0 Å². The molecular weight excluding hydrogens is 222 g/mol. The summed E-state index contributed by atoms with van der Waals surface area (Å²) in [6, 6.07) is 0. The van der Waals surface area contributed by atoms with E-state index in [4.69, 9.17) is 14.4 Å². The highest BCUT2D eigenvalue weighted by atomic mass is 17.0. The maximum absolute atomic E-state index is 11.5. The van der Waals surface area contributed by atoms with Crippen molar-refractivity contribution in [3.63, 3.8) is 0 Å². The molecule has 0 aromatic rings. The van der Waals surface area contributed by atoms with Gasteiger partial charge in [-0.05, 0) is 26.7 Å². The third-order valence-electron chi connectivity index (χ3n) is 3.12. The monoisotopic (exact) mass is 245 g/mol.